The van der Waals surface area contributed by atoms with Gasteiger partial charge in [-0.1, -0.05) is 18.7 Å². The van der Waals surface area contributed by atoms with Gasteiger partial charge in [0.05, 0.1) is 13.2 Å². The van der Waals surface area contributed by atoms with Crippen molar-refractivity contribution in [3.63, 3.8) is 0 Å². The average molecular weight is 381 g/mol. The molecule has 0 saturated carbocycles. The molecule has 3 N–H and O–H groups in total. The summed E-state index contributed by atoms with van der Waals surface area (Å²) in [5.41, 5.74) is 1.16. The number of aliphatic hydroxyl groups is 1. The molecule has 0 bridgehead atoms. The average Bonchev–Trinajstić information content (AvgIpc) is 2.53. The van der Waals surface area contributed by atoms with Crippen molar-refractivity contribution in [3.05, 3.63) is 36.4 Å². The first-order valence-electron chi connectivity index (χ1n) is 7.83. The molecule has 140 valence electrons. The highest BCUT2D eigenvalue weighted by Gasteiger charge is 2.06. The number of aliphatic hydroxyl groups excluding tert-OH is 1. The Morgan fingerprint density at radius 3 is 2.50 bits per heavy atom. The summed E-state index contributed by atoms with van der Waals surface area (Å²) >= 11 is 0. The highest BCUT2D eigenvalue weighted by molar-refractivity contribution is 5.85. The Bertz CT molecular complexity index is 434. The quantitative estimate of drug-likeness (QED) is 0.362. The monoisotopic (exact) mass is 380 g/mol. The molecule has 1 aromatic rings. The van der Waals surface area contributed by atoms with Crippen LogP contribution in [0.4, 0.5) is 0 Å². The lowest BCUT2D eigenvalue weighted by molar-refractivity contribution is 0.292. The van der Waals surface area contributed by atoms with Crippen molar-refractivity contribution >= 4 is 24.8 Å². The van der Waals surface area contributed by atoms with Gasteiger partial charge in [-0.05, 0) is 44.1 Å². The van der Waals surface area contributed by atoms with Crippen LogP contribution in [0.1, 0.15) is 18.9 Å². The van der Waals surface area contributed by atoms with Crippen LogP contribution in [0.15, 0.2) is 30.9 Å². The molecule has 0 saturated heterocycles. The van der Waals surface area contributed by atoms with Gasteiger partial charge in [0.2, 0.25) is 0 Å². The number of halogens is 2. The largest absolute Gasteiger partial charge is 0.490 e. The summed E-state index contributed by atoms with van der Waals surface area (Å²) in [7, 11) is 0. The zero-order valence-corrected chi connectivity index (χ0v) is 15.9. The van der Waals surface area contributed by atoms with Crippen LogP contribution >= 0.6 is 24.8 Å². The van der Waals surface area contributed by atoms with E-state index in [0.29, 0.717) is 19.8 Å². The van der Waals surface area contributed by atoms with Crippen molar-refractivity contribution < 1.29 is 14.6 Å². The molecule has 0 aliphatic heterocycles. The van der Waals surface area contributed by atoms with Crippen LogP contribution in [0.25, 0.3) is 0 Å². The van der Waals surface area contributed by atoms with E-state index in [1.54, 1.807) is 6.08 Å². The van der Waals surface area contributed by atoms with E-state index in [9.17, 15) is 0 Å². The van der Waals surface area contributed by atoms with Gasteiger partial charge in [0, 0.05) is 13.1 Å². The Labute approximate surface area is 157 Å². The van der Waals surface area contributed by atoms with Crippen LogP contribution in [-0.4, -0.2) is 44.6 Å². The van der Waals surface area contributed by atoms with Gasteiger partial charge in [0.15, 0.2) is 11.5 Å². The summed E-state index contributed by atoms with van der Waals surface area (Å²) in [5.74, 6) is 1.52. The maximum absolute atomic E-state index is 8.66. The van der Waals surface area contributed by atoms with Crippen LogP contribution in [-0.2, 0) is 6.54 Å². The number of nitrogens with one attached hydrogen (secondary N) is 2. The van der Waals surface area contributed by atoms with E-state index in [1.165, 1.54) is 0 Å². The highest BCUT2D eigenvalue weighted by Crippen LogP contribution is 2.28. The molecule has 0 spiro atoms. The van der Waals surface area contributed by atoms with Gasteiger partial charge in [0.1, 0.15) is 6.61 Å². The minimum Gasteiger partial charge on any atom is -0.490 e. The van der Waals surface area contributed by atoms with E-state index in [1.807, 2.05) is 25.1 Å². The Morgan fingerprint density at radius 1 is 1.08 bits per heavy atom. The molecular formula is C17H30Cl2N2O3. The third-order valence-electron chi connectivity index (χ3n) is 2.99. The van der Waals surface area contributed by atoms with Crippen molar-refractivity contribution in [2.45, 2.75) is 19.9 Å². The van der Waals surface area contributed by atoms with Gasteiger partial charge < -0.3 is 25.2 Å². The number of benzene rings is 1. The molecule has 0 atom stereocenters. The zero-order chi connectivity index (χ0) is 16.0. The zero-order valence-electron chi connectivity index (χ0n) is 14.3. The molecule has 0 amide bonds. The maximum Gasteiger partial charge on any atom is 0.161 e. The summed E-state index contributed by atoms with van der Waals surface area (Å²) in [6, 6.07) is 5.99. The molecule has 1 aromatic carbocycles. The van der Waals surface area contributed by atoms with E-state index in [2.05, 4.69) is 17.2 Å². The molecule has 0 heterocycles. The topological polar surface area (TPSA) is 62.8 Å². The third kappa shape index (κ3) is 10.7. The molecule has 0 aliphatic rings. The van der Waals surface area contributed by atoms with Gasteiger partial charge >= 0.3 is 0 Å². The first-order chi connectivity index (χ1) is 10.8. The van der Waals surface area contributed by atoms with Crippen LogP contribution in [0.2, 0.25) is 0 Å². The number of hydrogen-bond donors (Lipinski definition) is 3. The number of ether oxygens (including phenoxy) is 2. The predicted molar refractivity (Wildman–Crippen MR) is 104 cm³/mol. The summed E-state index contributed by atoms with van der Waals surface area (Å²) < 4.78 is 11.2. The Morgan fingerprint density at radius 2 is 1.83 bits per heavy atom. The van der Waals surface area contributed by atoms with Gasteiger partial charge in [-0.3, -0.25) is 0 Å². The second-order valence-corrected chi connectivity index (χ2v) is 4.82. The molecule has 0 radical (unpaired) electrons. The fourth-order valence-electron chi connectivity index (χ4n) is 1.97. The predicted octanol–water partition coefficient (Wildman–Crippen LogP) is 2.56. The fraction of sp³-hybridized carbons (Fsp3) is 0.529. The van der Waals surface area contributed by atoms with E-state index in [0.717, 1.165) is 43.1 Å². The van der Waals surface area contributed by atoms with Crippen LogP contribution in [0, 0.1) is 0 Å². The molecule has 1 rings (SSSR count). The first kappa shape index (κ1) is 25.3. The van der Waals surface area contributed by atoms with E-state index in [4.69, 9.17) is 14.6 Å². The van der Waals surface area contributed by atoms with Gasteiger partial charge in [0.25, 0.3) is 0 Å². The van der Waals surface area contributed by atoms with E-state index >= 15 is 0 Å². The Hall–Kier alpha value is -0.980. The third-order valence-corrected chi connectivity index (χ3v) is 2.99. The lowest BCUT2D eigenvalue weighted by Gasteiger charge is -2.13. The Kier molecular flexibility index (Phi) is 17.8. The second kappa shape index (κ2) is 16.9. The lowest BCUT2D eigenvalue weighted by Crippen LogP contribution is -2.23. The smallest absolute Gasteiger partial charge is 0.161 e. The van der Waals surface area contributed by atoms with Crippen LogP contribution in [0.3, 0.4) is 0 Å². The Balaban J connectivity index is 0. The van der Waals surface area contributed by atoms with E-state index in [-0.39, 0.29) is 31.4 Å². The summed E-state index contributed by atoms with van der Waals surface area (Å²) in [5, 5.41) is 15.2. The molecule has 24 heavy (non-hydrogen) atoms. The second-order valence-electron chi connectivity index (χ2n) is 4.82. The maximum atomic E-state index is 8.66. The molecule has 0 aromatic heterocycles. The van der Waals surface area contributed by atoms with Crippen molar-refractivity contribution in [2.75, 3.05) is 39.5 Å². The standard InChI is InChI=1S/C17H28N2O3.2ClH/c1-3-12-22-16-7-6-15(13-17(16)21-4-2)14-19-9-5-8-18-10-11-20;;/h3,6-7,13,18-20H,1,4-5,8-12,14H2,2H3;2*1H. The summed E-state index contributed by atoms with van der Waals surface area (Å²) in [6.07, 6.45) is 2.74. The normalized spacial score (nSPS) is 9.58. The molecule has 0 unspecified atom stereocenters. The summed E-state index contributed by atoms with van der Waals surface area (Å²) in [4.78, 5) is 0. The molecular weight excluding hydrogens is 351 g/mol. The van der Waals surface area contributed by atoms with Crippen molar-refractivity contribution in [1.82, 2.24) is 10.6 Å². The van der Waals surface area contributed by atoms with Gasteiger partial charge in [-0.15, -0.1) is 24.8 Å². The van der Waals surface area contributed by atoms with Crippen molar-refractivity contribution in [3.8, 4) is 11.5 Å². The molecule has 0 fully saturated rings. The minimum atomic E-state index is 0. The SMILES string of the molecule is C=CCOc1ccc(CNCCCNCCO)cc1OCC.Cl.Cl. The van der Waals surface area contributed by atoms with E-state index < -0.39 is 0 Å². The molecule has 5 nitrogen and oxygen atoms in total. The fourth-order valence-corrected chi connectivity index (χ4v) is 1.97. The molecule has 0 aliphatic carbocycles. The first-order valence-corrected chi connectivity index (χ1v) is 7.83. The number of rotatable bonds is 13. The van der Waals surface area contributed by atoms with Crippen molar-refractivity contribution in [1.29, 1.82) is 0 Å². The van der Waals surface area contributed by atoms with Gasteiger partial charge in [-0.25, -0.2) is 0 Å². The van der Waals surface area contributed by atoms with Crippen LogP contribution < -0.4 is 20.1 Å². The number of hydrogen-bond acceptors (Lipinski definition) is 5. The van der Waals surface area contributed by atoms with Crippen LogP contribution in [0.5, 0.6) is 11.5 Å². The lowest BCUT2D eigenvalue weighted by atomic mass is 10.2. The van der Waals surface area contributed by atoms with Gasteiger partial charge in [-0.2, -0.15) is 0 Å². The minimum absolute atomic E-state index is 0. The highest BCUT2D eigenvalue weighted by atomic mass is 35.5. The summed E-state index contributed by atoms with van der Waals surface area (Å²) in [6.45, 7) is 10.2. The molecule has 7 heteroatoms. The van der Waals surface area contributed by atoms with Crippen molar-refractivity contribution in [2.24, 2.45) is 0 Å².